The first-order chi connectivity index (χ1) is 13.5. The number of fused-ring (bicyclic) bond motifs is 1. The molecule has 0 radical (unpaired) electrons. The van der Waals surface area contributed by atoms with Crippen LogP contribution in [0.25, 0.3) is 10.9 Å². The molecule has 0 saturated carbocycles. The molecule has 3 aromatic rings. The average Bonchev–Trinajstić information content (AvgIpc) is 2.93. The Hall–Kier alpha value is -3.35. The molecule has 28 heavy (non-hydrogen) atoms. The van der Waals surface area contributed by atoms with Crippen molar-refractivity contribution in [2.24, 2.45) is 5.73 Å². The highest BCUT2D eigenvalue weighted by Gasteiger charge is 2.21. The van der Waals surface area contributed by atoms with Gasteiger partial charge in [0, 0.05) is 18.4 Å². The van der Waals surface area contributed by atoms with Crippen LogP contribution in [-0.2, 0) is 27.3 Å². The zero-order valence-electron chi connectivity index (χ0n) is 16.0. The van der Waals surface area contributed by atoms with Crippen LogP contribution in [-0.4, -0.2) is 34.6 Å². The third-order valence-electron chi connectivity index (χ3n) is 4.49. The maximum Gasteiger partial charge on any atom is 0.344 e. The Bertz CT molecular complexity index is 996. The van der Waals surface area contributed by atoms with E-state index in [2.05, 4.69) is 9.55 Å². The Morgan fingerprint density at radius 3 is 2.61 bits per heavy atom. The molecular formula is C21H23N3O4. The Morgan fingerprint density at radius 1 is 1.18 bits per heavy atom. The molecule has 7 heteroatoms. The fourth-order valence-corrected chi connectivity index (χ4v) is 3.27. The molecule has 2 heterocycles. The van der Waals surface area contributed by atoms with Crippen LogP contribution in [0.3, 0.4) is 0 Å². The molecule has 0 aliphatic heterocycles. The molecule has 0 unspecified atom stereocenters. The molecule has 146 valence electrons. The van der Waals surface area contributed by atoms with Gasteiger partial charge in [0.05, 0.1) is 23.9 Å². The number of benzene rings is 1. The number of amides is 1. The summed E-state index contributed by atoms with van der Waals surface area (Å²) in [5, 5.41) is 0.694. The fraction of sp³-hybridized carbons (Fsp3) is 0.286. The average molecular weight is 381 g/mol. The molecule has 2 N–H and O–H groups in total. The Kier molecular flexibility index (Phi) is 5.93. The van der Waals surface area contributed by atoms with Crippen molar-refractivity contribution in [3.63, 3.8) is 0 Å². The lowest BCUT2D eigenvalue weighted by atomic mass is 10.1. The summed E-state index contributed by atoms with van der Waals surface area (Å²) in [6.45, 7) is 4.33. The van der Waals surface area contributed by atoms with Crippen molar-refractivity contribution in [1.29, 1.82) is 0 Å². The van der Waals surface area contributed by atoms with Crippen LogP contribution in [0.4, 0.5) is 0 Å². The van der Waals surface area contributed by atoms with E-state index < -0.39 is 11.9 Å². The largest absolute Gasteiger partial charge is 0.465 e. The summed E-state index contributed by atoms with van der Waals surface area (Å²) in [5.74, 6) is -0.628. The first kappa shape index (κ1) is 19.4. The molecule has 0 bridgehead atoms. The van der Waals surface area contributed by atoms with E-state index >= 15 is 0 Å². The standard InChI is InChI=1S/C21H23N3O4/c1-3-27-19(26)13-28-21-20-16(11-18(22)25)14(2)24(17(20)9-10-23-21)12-15-7-5-4-6-8-15/h4-10H,3,11-13H2,1-2H3,(H2,22,25). The predicted octanol–water partition coefficient (Wildman–Crippen LogP) is 2.36. The summed E-state index contributed by atoms with van der Waals surface area (Å²) in [6.07, 6.45) is 1.68. The van der Waals surface area contributed by atoms with Crippen molar-refractivity contribution in [3.8, 4) is 5.88 Å². The van der Waals surface area contributed by atoms with E-state index in [-0.39, 0.29) is 25.5 Å². The molecule has 0 fully saturated rings. The summed E-state index contributed by atoms with van der Waals surface area (Å²) >= 11 is 0. The van der Waals surface area contributed by atoms with Gasteiger partial charge in [-0.1, -0.05) is 30.3 Å². The van der Waals surface area contributed by atoms with Crippen molar-refractivity contribution >= 4 is 22.8 Å². The maximum absolute atomic E-state index is 11.7. The lowest BCUT2D eigenvalue weighted by molar-refractivity contribution is -0.145. The number of carbonyl (C=O) groups excluding carboxylic acids is 2. The summed E-state index contributed by atoms with van der Waals surface area (Å²) in [4.78, 5) is 27.6. The topological polar surface area (TPSA) is 96.4 Å². The smallest absolute Gasteiger partial charge is 0.344 e. The second-order valence-corrected chi connectivity index (χ2v) is 6.38. The molecule has 0 saturated heterocycles. The molecule has 1 aromatic carbocycles. The fourth-order valence-electron chi connectivity index (χ4n) is 3.27. The molecule has 1 amide bonds. The van der Waals surface area contributed by atoms with Crippen molar-refractivity contribution in [3.05, 3.63) is 59.4 Å². The lowest BCUT2D eigenvalue weighted by Crippen LogP contribution is -2.16. The summed E-state index contributed by atoms with van der Waals surface area (Å²) in [5.41, 5.74) is 9.13. The highest BCUT2D eigenvalue weighted by molar-refractivity contribution is 5.93. The van der Waals surface area contributed by atoms with Crippen LogP contribution >= 0.6 is 0 Å². The number of carbonyl (C=O) groups is 2. The van der Waals surface area contributed by atoms with Crippen LogP contribution in [0.5, 0.6) is 5.88 Å². The molecule has 0 spiro atoms. The number of pyridine rings is 1. The van der Waals surface area contributed by atoms with Crippen LogP contribution in [0, 0.1) is 6.92 Å². The van der Waals surface area contributed by atoms with Gasteiger partial charge in [0.15, 0.2) is 6.61 Å². The normalized spacial score (nSPS) is 10.8. The number of rotatable bonds is 8. The predicted molar refractivity (Wildman–Crippen MR) is 105 cm³/mol. The van der Waals surface area contributed by atoms with Gasteiger partial charge in [0.1, 0.15) is 0 Å². The quantitative estimate of drug-likeness (QED) is 0.604. The Morgan fingerprint density at radius 2 is 1.93 bits per heavy atom. The number of ether oxygens (including phenoxy) is 2. The van der Waals surface area contributed by atoms with Gasteiger partial charge < -0.3 is 19.8 Å². The number of nitrogens with zero attached hydrogens (tertiary/aromatic N) is 2. The second-order valence-electron chi connectivity index (χ2n) is 6.38. The Labute approximate surface area is 163 Å². The zero-order chi connectivity index (χ0) is 20.1. The molecule has 0 aliphatic carbocycles. The lowest BCUT2D eigenvalue weighted by Gasteiger charge is -2.09. The highest BCUT2D eigenvalue weighted by atomic mass is 16.6. The summed E-state index contributed by atoms with van der Waals surface area (Å²) in [6, 6.07) is 11.9. The minimum Gasteiger partial charge on any atom is -0.465 e. The van der Waals surface area contributed by atoms with Crippen molar-refractivity contribution in [2.75, 3.05) is 13.2 Å². The SMILES string of the molecule is CCOC(=O)COc1nccc2c1c(CC(N)=O)c(C)n2Cc1ccccc1. The summed E-state index contributed by atoms with van der Waals surface area (Å²) in [7, 11) is 0. The molecule has 2 aromatic heterocycles. The maximum atomic E-state index is 11.7. The highest BCUT2D eigenvalue weighted by Crippen LogP contribution is 2.33. The third kappa shape index (κ3) is 4.14. The van der Waals surface area contributed by atoms with Gasteiger partial charge in [-0.15, -0.1) is 0 Å². The molecule has 0 atom stereocenters. The number of aromatic nitrogens is 2. The van der Waals surface area contributed by atoms with E-state index in [4.69, 9.17) is 15.2 Å². The van der Waals surface area contributed by atoms with Crippen molar-refractivity contribution in [1.82, 2.24) is 9.55 Å². The van der Waals surface area contributed by atoms with E-state index in [1.807, 2.05) is 43.3 Å². The summed E-state index contributed by atoms with van der Waals surface area (Å²) < 4.78 is 12.6. The molecule has 3 rings (SSSR count). The van der Waals surface area contributed by atoms with E-state index in [0.717, 1.165) is 22.3 Å². The van der Waals surface area contributed by atoms with Crippen molar-refractivity contribution < 1.29 is 19.1 Å². The van der Waals surface area contributed by atoms with Gasteiger partial charge in [-0.25, -0.2) is 9.78 Å². The zero-order valence-corrected chi connectivity index (χ0v) is 16.0. The van der Waals surface area contributed by atoms with Crippen LogP contribution in [0.15, 0.2) is 42.6 Å². The van der Waals surface area contributed by atoms with Gasteiger partial charge in [-0.2, -0.15) is 0 Å². The number of esters is 1. The second kappa shape index (κ2) is 8.56. The first-order valence-corrected chi connectivity index (χ1v) is 9.08. The van der Waals surface area contributed by atoms with Crippen LogP contribution in [0.1, 0.15) is 23.7 Å². The third-order valence-corrected chi connectivity index (χ3v) is 4.49. The monoisotopic (exact) mass is 381 g/mol. The number of primary amides is 1. The van der Waals surface area contributed by atoms with Gasteiger partial charge in [0.2, 0.25) is 11.8 Å². The van der Waals surface area contributed by atoms with Crippen molar-refractivity contribution in [2.45, 2.75) is 26.8 Å². The number of nitrogens with two attached hydrogens (primary N) is 1. The molecule has 0 aliphatic rings. The van der Waals surface area contributed by atoms with E-state index in [1.165, 1.54) is 0 Å². The van der Waals surface area contributed by atoms with Gasteiger partial charge in [-0.3, -0.25) is 4.79 Å². The van der Waals surface area contributed by atoms with E-state index in [0.29, 0.717) is 11.9 Å². The first-order valence-electron chi connectivity index (χ1n) is 9.08. The minimum atomic E-state index is -0.474. The van der Waals surface area contributed by atoms with E-state index in [1.54, 1.807) is 13.1 Å². The molecule has 7 nitrogen and oxygen atoms in total. The van der Waals surface area contributed by atoms with Gasteiger partial charge >= 0.3 is 5.97 Å². The number of hydrogen-bond acceptors (Lipinski definition) is 5. The van der Waals surface area contributed by atoms with Crippen LogP contribution in [0.2, 0.25) is 0 Å². The minimum absolute atomic E-state index is 0.0611. The van der Waals surface area contributed by atoms with Gasteiger partial charge in [-0.05, 0) is 31.0 Å². The Balaban J connectivity index is 2.06. The number of hydrogen-bond donors (Lipinski definition) is 1. The van der Waals surface area contributed by atoms with E-state index in [9.17, 15) is 9.59 Å². The van der Waals surface area contributed by atoms with Crippen LogP contribution < -0.4 is 10.5 Å². The molecular weight excluding hydrogens is 358 g/mol. The van der Waals surface area contributed by atoms with Gasteiger partial charge in [0.25, 0.3) is 0 Å².